The summed E-state index contributed by atoms with van der Waals surface area (Å²) in [4.78, 5) is 10.4. The van der Waals surface area contributed by atoms with Gasteiger partial charge in [-0.15, -0.1) is 11.8 Å². The summed E-state index contributed by atoms with van der Waals surface area (Å²) in [5, 5.41) is 10.3. The van der Waals surface area contributed by atoms with E-state index < -0.39 is 0 Å². The van der Waals surface area contributed by atoms with Gasteiger partial charge < -0.3 is 15.1 Å². The van der Waals surface area contributed by atoms with Gasteiger partial charge in [-0.2, -0.15) is 5.10 Å². The Labute approximate surface area is 133 Å². The molecule has 0 unspecified atom stereocenters. The van der Waals surface area contributed by atoms with Crippen molar-refractivity contribution in [2.75, 3.05) is 41.9 Å². The predicted molar refractivity (Wildman–Crippen MR) is 90.8 cm³/mol. The van der Waals surface area contributed by atoms with Gasteiger partial charge in [0.1, 0.15) is 5.82 Å². The molecule has 0 aliphatic carbocycles. The number of aromatic amines is 1. The van der Waals surface area contributed by atoms with Gasteiger partial charge >= 0.3 is 0 Å². The van der Waals surface area contributed by atoms with Gasteiger partial charge in [-0.25, -0.2) is 4.98 Å². The zero-order valence-electron chi connectivity index (χ0n) is 12.2. The molecule has 4 heterocycles. The second kappa shape index (κ2) is 6.02. The number of thioether (sulfide) groups is 1. The van der Waals surface area contributed by atoms with Crippen molar-refractivity contribution in [3.05, 3.63) is 42.5 Å². The highest BCUT2D eigenvalue weighted by atomic mass is 32.2. The molecule has 22 heavy (non-hydrogen) atoms. The fraction of sp³-hybridized carbons (Fsp3) is 0.333. The monoisotopic (exact) mass is 314 g/mol. The molecule has 0 atom stereocenters. The minimum atomic E-state index is 0.887. The molecule has 2 aromatic heterocycles. The van der Waals surface area contributed by atoms with E-state index >= 15 is 0 Å². The van der Waals surface area contributed by atoms with Crippen molar-refractivity contribution >= 4 is 28.2 Å². The third kappa shape index (κ3) is 2.69. The number of rotatable bonds is 3. The first-order valence-corrected chi connectivity index (χ1v) is 8.41. The van der Waals surface area contributed by atoms with Gasteiger partial charge in [0.25, 0.3) is 0 Å². The molecule has 1 fully saturated rings. The van der Waals surface area contributed by atoms with Gasteiger partial charge in [-0.3, -0.25) is 5.10 Å². The van der Waals surface area contributed by atoms with Crippen LogP contribution in [0.4, 0.5) is 11.5 Å². The first-order chi connectivity index (χ1) is 10.9. The molecule has 114 valence electrons. The molecule has 6 nitrogen and oxygen atoms in total. The molecule has 4 rings (SSSR count). The van der Waals surface area contributed by atoms with Gasteiger partial charge in [-0.1, -0.05) is 0 Å². The van der Waals surface area contributed by atoms with Crippen LogP contribution in [0, 0.1) is 0 Å². The van der Waals surface area contributed by atoms with Crippen LogP contribution in [-0.4, -0.2) is 47.2 Å². The number of anilines is 2. The van der Waals surface area contributed by atoms with E-state index in [-0.39, 0.29) is 0 Å². The summed E-state index contributed by atoms with van der Waals surface area (Å²) in [6.07, 6.45) is 7.83. The normalized spacial score (nSPS) is 18.6. The highest BCUT2D eigenvalue weighted by molar-refractivity contribution is 8.08. The van der Waals surface area contributed by atoms with Crippen LogP contribution in [0.25, 0.3) is 4.91 Å². The molecule has 7 heteroatoms. The van der Waals surface area contributed by atoms with Crippen molar-refractivity contribution in [2.45, 2.75) is 0 Å². The standard InChI is InChI=1S/C15H18N6S/c1-2-17-15(7-13(1)20-5-3-16-4-6-20)21-10-14(22-11-21)12-8-18-19-9-12/h1-2,7-10,16H,3-6,11H2,(H,18,19). The SMILES string of the molecule is C1=C(c2cn[nH]c2)SCN1c1cc(N2CCNCC2)ccn1. The van der Waals surface area contributed by atoms with Gasteiger partial charge in [0.05, 0.1) is 12.1 Å². The zero-order valence-corrected chi connectivity index (χ0v) is 13.0. The molecule has 0 radical (unpaired) electrons. The largest absolute Gasteiger partial charge is 0.369 e. The van der Waals surface area contributed by atoms with Crippen molar-refractivity contribution in [2.24, 2.45) is 0 Å². The van der Waals surface area contributed by atoms with Crippen molar-refractivity contribution in [3.63, 3.8) is 0 Å². The third-order valence-corrected chi connectivity index (χ3v) is 4.98. The molecule has 2 aromatic rings. The number of nitrogens with zero attached hydrogens (tertiary/aromatic N) is 4. The Morgan fingerprint density at radius 1 is 1.23 bits per heavy atom. The molecule has 2 N–H and O–H groups in total. The van der Waals surface area contributed by atoms with E-state index in [1.165, 1.54) is 10.6 Å². The number of pyridine rings is 1. The number of aromatic nitrogens is 3. The lowest BCUT2D eigenvalue weighted by molar-refractivity contribution is 0.589. The second-order valence-corrected chi connectivity index (χ2v) is 6.32. The quantitative estimate of drug-likeness (QED) is 0.900. The maximum absolute atomic E-state index is 4.53. The van der Waals surface area contributed by atoms with Crippen LogP contribution >= 0.6 is 11.8 Å². The Kier molecular flexibility index (Phi) is 3.74. The maximum Gasteiger partial charge on any atom is 0.135 e. The minimum absolute atomic E-state index is 0.887. The third-order valence-electron chi connectivity index (χ3n) is 3.92. The summed E-state index contributed by atoms with van der Waals surface area (Å²) in [5.41, 5.74) is 2.38. The van der Waals surface area contributed by atoms with Crippen LogP contribution in [0.3, 0.4) is 0 Å². The molecule has 0 bridgehead atoms. The first-order valence-electron chi connectivity index (χ1n) is 7.42. The van der Waals surface area contributed by atoms with E-state index in [1.54, 1.807) is 0 Å². The van der Waals surface area contributed by atoms with Gasteiger partial charge in [-0.05, 0) is 6.07 Å². The van der Waals surface area contributed by atoms with Crippen molar-refractivity contribution in [1.82, 2.24) is 20.5 Å². The van der Waals surface area contributed by atoms with Gasteiger partial charge in [0.15, 0.2) is 0 Å². The molecule has 0 saturated carbocycles. The number of hydrogen-bond donors (Lipinski definition) is 2. The average Bonchev–Trinajstić information content (AvgIpc) is 3.27. The Balaban J connectivity index is 1.55. The number of piperazine rings is 1. The molecule has 1 saturated heterocycles. The minimum Gasteiger partial charge on any atom is -0.369 e. The van der Waals surface area contributed by atoms with Crippen LogP contribution in [0.5, 0.6) is 0 Å². The number of hydrogen-bond acceptors (Lipinski definition) is 6. The van der Waals surface area contributed by atoms with E-state index in [0.717, 1.165) is 43.4 Å². The van der Waals surface area contributed by atoms with E-state index in [1.807, 2.05) is 30.4 Å². The highest BCUT2D eigenvalue weighted by Crippen LogP contribution is 2.36. The summed E-state index contributed by atoms with van der Waals surface area (Å²) < 4.78 is 0. The smallest absolute Gasteiger partial charge is 0.135 e. The molecule has 0 spiro atoms. The fourth-order valence-electron chi connectivity index (χ4n) is 2.72. The Morgan fingerprint density at radius 3 is 2.95 bits per heavy atom. The Hall–Kier alpha value is -1.99. The molecular formula is C15H18N6S. The van der Waals surface area contributed by atoms with Crippen LogP contribution in [-0.2, 0) is 0 Å². The number of nitrogens with one attached hydrogen (secondary N) is 2. The van der Waals surface area contributed by atoms with Crippen molar-refractivity contribution in [3.8, 4) is 0 Å². The zero-order chi connectivity index (χ0) is 14.8. The van der Waals surface area contributed by atoms with Crippen molar-refractivity contribution in [1.29, 1.82) is 0 Å². The second-order valence-electron chi connectivity index (χ2n) is 5.33. The molecule has 0 amide bonds. The summed E-state index contributed by atoms with van der Waals surface area (Å²) in [5.74, 6) is 1.89. The van der Waals surface area contributed by atoms with Crippen LogP contribution in [0.15, 0.2) is 36.9 Å². The highest BCUT2D eigenvalue weighted by Gasteiger charge is 2.19. The summed E-state index contributed by atoms with van der Waals surface area (Å²) in [7, 11) is 0. The predicted octanol–water partition coefficient (Wildman–Crippen LogP) is 1.72. The average molecular weight is 314 g/mol. The van der Waals surface area contributed by atoms with E-state index in [4.69, 9.17) is 0 Å². The molecule has 2 aliphatic rings. The molecule has 0 aromatic carbocycles. The number of H-pyrrole nitrogens is 1. The summed E-state index contributed by atoms with van der Waals surface area (Å²) in [6.45, 7) is 4.19. The van der Waals surface area contributed by atoms with E-state index in [2.05, 4.69) is 48.6 Å². The topological polar surface area (TPSA) is 60.1 Å². The van der Waals surface area contributed by atoms with E-state index in [9.17, 15) is 0 Å². The summed E-state index contributed by atoms with van der Waals surface area (Å²) >= 11 is 1.81. The van der Waals surface area contributed by atoms with Crippen molar-refractivity contribution < 1.29 is 0 Å². The van der Waals surface area contributed by atoms with Gasteiger partial charge in [0, 0.05) is 67.0 Å². The summed E-state index contributed by atoms with van der Waals surface area (Å²) in [6, 6.07) is 4.28. The van der Waals surface area contributed by atoms with E-state index in [0.29, 0.717) is 0 Å². The van der Waals surface area contributed by atoms with Crippen LogP contribution in [0.1, 0.15) is 5.56 Å². The van der Waals surface area contributed by atoms with Gasteiger partial charge in [0.2, 0.25) is 0 Å². The maximum atomic E-state index is 4.53. The van der Waals surface area contributed by atoms with Crippen LogP contribution in [0.2, 0.25) is 0 Å². The Morgan fingerprint density at radius 2 is 2.14 bits per heavy atom. The molecule has 2 aliphatic heterocycles. The lowest BCUT2D eigenvalue weighted by atomic mass is 10.3. The lowest BCUT2D eigenvalue weighted by Gasteiger charge is -2.30. The first kappa shape index (κ1) is 13.7. The Bertz CT molecular complexity index is 662. The fourth-order valence-corrected chi connectivity index (χ4v) is 3.68. The van der Waals surface area contributed by atoms with Crippen LogP contribution < -0.4 is 15.1 Å². The lowest BCUT2D eigenvalue weighted by Crippen LogP contribution is -2.43. The molecular weight excluding hydrogens is 296 g/mol.